The van der Waals surface area contributed by atoms with Crippen LogP contribution < -0.4 is 10.0 Å². The lowest BCUT2D eigenvalue weighted by Gasteiger charge is -2.14. The first-order valence-electron chi connectivity index (χ1n) is 4.96. The lowest BCUT2D eigenvalue weighted by atomic mass is 10.3. The normalized spacial score (nSPS) is 11.9. The van der Waals surface area contributed by atoms with E-state index in [1.54, 1.807) is 37.1 Å². The molecular weight excluding hydrogens is 258 g/mol. The van der Waals surface area contributed by atoms with E-state index in [0.29, 0.717) is 12.1 Å². The number of pyridine rings is 1. The summed E-state index contributed by atoms with van der Waals surface area (Å²) in [6.45, 7) is 0. The first-order chi connectivity index (χ1) is 8.17. The van der Waals surface area contributed by atoms with Gasteiger partial charge in [-0.25, -0.2) is 4.79 Å². The molecule has 5 nitrogen and oxygen atoms in total. The van der Waals surface area contributed by atoms with Gasteiger partial charge in [0, 0.05) is 19.7 Å². The zero-order valence-electron chi connectivity index (χ0n) is 9.64. The Morgan fingerprint density at radius 1 is 1.65 bits per heavy atom. The lowest BCUT2D eigenvalue weighted by Crippen LogP contribution is -2.29. The number of thioether (sulfide) groups is 1. The summed E-state index contributed by atoms with van der Waals surface area (Å²) in [6, 6.07) is 3.05. The third-order valence-electron chi connectivity index (χ3n) is 2.00. The summed E-state index contributed by atoms with van der Waals surface area (Å²) in [4.78, 5) is 15.1. The van der Waals surface area contributed by atoms with Crippen LogP contribution >= 0.6 is 23.7 Å². The molecular formula is C10H15N3O2S2. The first kappa shape index (κ1) is 14.0. The molecule has 1 atom stereocenters. The van der Waals surface area contributed by atoms with Gasteiger partial charge in [-0.1, -0.05) is 0 Å². The molecule has 1 rings (SSSR count). The molecule has 0 aliphatic heterocycles. The highest BCUT2D eigenvalue weighted by Crippen LogP contribution is 2.25. The van der Waals surface area contributed by atoms with Gasteiger partial charge in [0.25, 0.3) is 0 Å². The number of urea groups is 1. The maximum atomic E-state index is 11.0. The second kappa shape index (κ2) is 7.29. The lowest BCUT2D eigenvalue weighted by molar-refractivity contribution is 0.248. The molecule has 1 aromatic rings. The third-order valence-corrected chi connectivity index (χ3v) is 4.29. The second-order valence-corrected chi connectivity index (χ2v) is 5.49. The summed E-state index contributed by atoms with van der Waals surface area (Å²) in [5.41, 5.74) is 0.637. The SMILES string of the molecule is CNC(=O)NSC(Cc1ncccc1O)SC. The molecule has 1 aromatic heterocycles. The number of rotatable bonds is 5. The Balaban J connectivity index is 2.52. The van der Waals surface area contributed by atoms with Gasteiger partial charge < -0.3 is 10.4 Å². The van der Waals surface area contributed by atoms with E-state index in [4.69, 9.17) is 0 Å². The van der Waals surface area contributed by atoms with Crippen molar-refractivity contribution in [3.8, 4) is 5.75 Å². The standard InChI is InChI=1S/C10H15N3O2S2/c1-11-10(15)13-17-9(16-2)6-7-8(14)4-3-5-12-7/h3-5,9,14H,6H2,1-2H3,(H2,11,13,15). The molecule has 7 heteroatoms. The molecule has 17 heavy (non-hydrogen) atoms. The molecule has 3 N–H and O–H groups in total. The van der Waals surface area contributed by atoms with E-state index in [0.717, 1.165) is 0 Å². The quantitative estimate of drug-likeness (QED) is 0.561. The van der Waals surface area contributed by atoms with E-state index in [2.05, 4.69) is 15.0 Å². The van der Waals surface area contributed by atoms with E-state index in [9.17, 15) is 9.90 Å². The number of carbonyl (C=O) groups is 1. The largest absolute Gasteiger partial charge is 0.506 e. The van der Waals surface area contributed by atoms with Crippen molar-refractivity contribution in [2.24, 2.45) is 0 Å². The van der Waals surface area contributed by atoms with Gasteiger partial charge in [0.2, 0.25) is 0 Å². The molecule has 0 fully saturated rings. The van der Waals surface area contributed by atoms with Crippen LogP contribution in [0.3, 0.4) is 0 Å². The number of aromatic nitrogens is 1. The smallest absolute Gasteiger partial charge is 0.324 e. The van der Waals surface area contributed by atoms with E-state index < -0.39 is 0 Å². The van der Waals surface area contributed by atoms with Crippen LogP contribution in [-0.2, 0) is 6.42 Å². The number of nitrogens with zero attached hydrogens (tertiary/aromatic N) is 1. The average molecular weight is 273 g/mol. The Bertz CT molecular complexity index is 376. The Hall–Kier alpha value is -1.08. The molecule has 94 valence electrons. The molecule has 0 spiro atoms. The predicted molar refractivity (Wildman–Crippen MR) is 72.1 cm³/mol. The van der Waals surface area contributed by atoms with Crippen molar-refractivity contribution in [3.05, 3.63) is 24.0 Å². The Labute approximate surface area is 109 Å². The number of aromatic hydroxyl groups is 1. The molecule has 0 aliphatic rings. The van der Waals surface area contributed by atoms with Gasteiger partial charge in [-0.15, -0.1) is 11.8 Å². The third kappa shape index (κ3) is 4.74. The number of amides is 2. The van der Waals surface area contributed by atoms with Crippen LogP contribution in [0.5, 0.6) is 5.75 Å². The number of nitrogens with one attached hydrogen (secondary N) is 2. The average Bonchev–Trinajstić information content (AvgIpc) is 2.36. The fourth-order valence-corrected chi connectivity index (χ4v) is 2.52. The topological polar surface area (TPSA) is 74.2 Å². The van der Waals surface area contributed by atoms with Gasteiger partial charge in [-0.05, 0) is 30.3 Å². The number of carbonyl (C=O) groups excluding carboxylic acids is 1. The van der Waals surface area contributed by atoms with E-state index in [1.165, 1.54) is 11.9 Å². The highest BCUT2D eigenvalue weighted by Gasteiger charge is 2.13. The van der Waals surface area contributed by atoms with Crippen molar-refractivity contribution >= 4 is 29.7 Å². The maximum Gasteiger partial charge on any atom is 0.324 e. The summed E-state index contributed by atoms with van der Waals surface area (Å²) < 4.78 is 2.76. The summed E-state index contributed by atoms with van der Waals surface area (Å²) in [6.07, 6.45) is 4.18. The molecule has 0 saturated carbocycles. The van der Waals surface area contributed by atoms with Gasteiger partial charge in [-0.2, -0.15) is 0 Å². The van der Waals surface area contributed by atoms with Gasteiger partial charge in [0.1, 0.15) is 5.75 Å². The molecule has 2 amide bonds. The zero-order valence-corrected chi connectivity index (χ0v) is 11.3. The zero-order chi connectivity index (χ0) is 12.7. The Morgan fingerprint density at radius 3 is 3.00 bits per heavy atom. The summed E-state index contributed by atoms with van der Waals surface area (Å²) >= 11 is 2.90. The van der Waals surface area contributed by atoms with Crippen molar-refractivity contribution in [2.45, 2.75) is 11.0 Å². The highest BCUT2D eigenvalue weighted by atomic mass is 32.2. The molecule has 0 saturated heterocycles. The van der Waals surface area contributed by atoms with Crippen LogP contribution in [-0.4, -0.2) is 34.0 Å². The molecule has 0 aliphatic carbocycles. The van der Waals surface area contributed by atoms with Crippen molar-refractivity contribution in [1.82, 2.24) is 15.0 Å². The molecule has 0 aromatic carbocycles. The Kier molecular flexibility index (Phi) is 5.99. The van der Waals surface area contributed by atoms with Gasteiger partial charge >= 0.3 is 6.03 Å². The minimum absolute atomic E-state index is 0.105. The van der Waals surface area contributed by atoms with Crippen LogP contribution in [0.1, 0.15) is 5.69 Å². The van der Waals surface area contributed by atoms with Crippen LogP contribution in [0.25, 0.3) is 0 Å². The van der Waals surface area contributed by atoms with Crippen molar-refractivity contribution in [1.29, 1.82) is 0 Å². The predicted octanol–water partition coefficient (Wildman–Crippen LogP) is 1.60. The van der Waals surface area contributed by atoms with Crippen LogP contribution in [0.15, 0.2) is 18.3 Å². The van der Waals surface area contributed by atoms with E-state index in [1.807, 2.05) is 6.26 Å². The first-order valence-corrected chi connectivity index (χ1v) is 7.13. The van der Waals surface area contributed by atoms with Gasteiger partial charge in [0.15, 0.2) is 0 Å². The summed E-state index contributed by atoms with van der Waals surface area (Å²) in [5.74, 6) is 0.187. The molecule has 0 bridgehead atoms. The summed E-state index contributed by atoms with van der Waals surface area (Å²) in [5, 5.41) is 12.1. The second-order valence-electron chi connectivity index (χ2n) is 3.14. The van der Waals surface area contributed by atoms with Crippen LogP contribution in [0.4, 0.5) is 4.79 Å². The van der Waals surface area contributed by atoms with Crippen LogP contribution in [0.2, 0.25) is 0 Å². The van der Waals surface area contributed by atoms with Crippen molar-refractivity contribution in [3.63, 3.8) is 0 Å². The van der Waals surface area contributed by atoms with Gasteiger partial charge in [0.05, 0.1) is 10.3 Å². The monoisotopic (exact) mass is 273 g/mol. The number of hydrogen-bond donors (Lipinski definition) is 3. The molecule has 1 unspecified atom stereocenters. The van der Waals surface area contributed by atoms with E-state index >= 15 is 0 Å². The van der Waals surface area contributed by atoms with Crippen molar-refractivity contribution < 1.29 is 9.90 Å². The maximum absolute atomic E-state index is 11.0. The van der Waals surface area contributed by atoms with Crippen molar-refractivity contribution in [2.75, 3.05) is 13.3 Å². The summed E-state index contributed by atoms with van der Waals surface area (Å²) in [7, 11) is 1.56. The van der Waals surface area contributed by atoms with Crippen LogP contribution in [0, 0.1) is 0 Å². The number of hydrogen-bond acceptors (Lipinski definition) is 5. The molecule has 0 radical (unpaired) electrons. The minimum atomic E-state index is -0.237. The highest BCUT2D eigenvalue weighted by molar-refractivity contribution is 8.16. The molecule has 1 heterocycles. The Morgan fingerprint density at radius 2 is 2.41 bits per heavy atom. The van der Waals surface area contributed by atoms with E-state index in [-0.39, 0.29) is 16.4 Å². The minimum Gasteiger partial charge on any atom is -0.506 e. The fraction of sp³-hybridized carbons (Fsp3) is 0.400. The van der Waals surface area contributed by atoms with Gasteiger partial charge in [-0.3, -0.25) is 9.71 Å². The fourth-order valence-electron chi connectivity index (χ4n) is 1.09.